The fourth-order valence-electron chi connectivity index (χ4n) is 2.20. The highest BCUT2D eigenvalue weighted by molar-refractivity contribution is 5.79. The molecule has 1 fully saturated rings. The van der Waals surface area contributed by atoms with Gasteiger partial charge < -0.3 is 15.0 Å². The number of ether oxygens (including phenoxy) is 1. The fourth-order valence-corrected chi connectivity index (χ4v) is 2.20. The lowest BCUT2D eigenvalue weighted by Crippen LogP contribution is -2.41. The quantitative estimate of drug-likeness (QED) is 0.603. The monoisotopic (exact) mass is 255 g/mol. The molecule has 1 rings (SSSR count). The molecule has 0 spiro atoms. The molecule has 1 aliphatic rings. The van der Waals surface area contributed by atoms with Crippen LogP contribution in [0.15, 0.2) is 4.99 Å². The lowest BCUT2D eigenvalue weighted by atomic mass is 9.96. The van der Waals surface area contributed by atoms with Crippen LogP contribution >= 0.6 is 0 Å². The van der Waals surface area contributed by atoms with Crippen molar-refractivity contribution in [3.05, 3.63) is 0 Å². The summed E-state index contributed by atoms with van der Waals surface area (Å²) < 4.78 is 5.39. The van der Waals surface area contributed by atoms with Gasteiger partial charge in [0, 0.05) is 40.4 Å². The van der Waals surface area contributed by atoms with E-state index >= 15 is 0 Å². The maximum Gasteiger partial charge on any atom is 0.193 e. The summed E-state index contributed by atoms with van der Waals surface area (Å²) in [5.41, 5.74) is 0. The van der Waals surface area contributed by atoms with E-state index in [2.05, 4.69) is 36.1 Å². The zero-order chi connectivity index (χ0) is 13.4. The highest BCUT2D eigenvalue weighted by Crippen LogP contribution is 2.18. The van der Waals surface area contributed by atoms with Crippen LogP contribution in [-0.2, 0) is 4.74 Å². The molecule has 0 radical (unpaired) electrons. The first-order chi connectivity index (χ1) is 8.63. The van der Waals surface area contributed by atoms with Crippen molar-refractivity contribution in [2.45, 2.75) is 33.1 Å². The number of rotatable bonds is 5. The van der Waals surface area contributed by atoms with Gasteiger partial charge in [-0.25, -0.2) is 0 Å². The SMILES string of the molecule is CN=C(NCC(C)C)N(C)CCC1CCOCC1. The Morgan fingerprint density at radius 2 is 2.06 bits per heavy atom. The summed E-state index contributed by atoms with van der Waals surface area (Å²) in [6, 6.07) is 0. The summed E-state index contributed by atoms with van der Waals surface area (Å²) in [5, 5.41) is 3.41. The average molecular weight is 255 g/mol. The lowest BCUT2D eigenvalue weighted by Gasteiger charge is -2.27. The molecule has 1 N–H and O–H groups in total. The molecule has 0 aromatic carbocycles. The molecule has 106 valence electrons. The molecule has 4 heteroatoms. The lowest BCUT2D eigenvalue weighted by molar-refractivity contribution is 0.0625. The number of hydrogen-bond acceptors (Lipinski definition) is 2. The van der Waals surface area contributed by atoms with Crippen LogP contribution in [0.5, 0.6) is 0 Å². The Morgan fingerprint density at radius 1 is 1.39 bits per heavy atom. The van der Waals surface area contributed by atoms with Crippen LogP contribution in [0.4, 0.5) is 0 Å². The molecular formula is C14H29N3O. The van der Waals surface area contributed by atoms with Crippen molar-refractivity contribution in [1.82, 2.24) is 10.2 Å². The van der Waals surface area contributed by atoms with Crippen LogP contribution in [0.25, 0.3) is 0 Å². The third kappa shape index (κ3) is 5.71. The molecule has 0 amide bonds. The predicted molar refractivity (Wildman–Crippen MR) is 77.0 cm³/mol. The minimum absolute atomic E-state index is 0.644. The standard InChI is InChI=1S/C14H29N3O/c1-12(2)11-16-14(15-3)17(4)8-5-13-6-9-18-10-7-13/h12-13H,5-11H2,1-4H3,(H,15,16). The van der Waals surface area contributed by atoms with Gasteiger partial charge in [0.2, 0.25) is 0 Å². The third-order valence-electron chi connectivity index (χ3n) is 3.46. The van der Waals surface area contributed by atoms with E-state index in [-0.39, 0.29) is 0 Å². The second-order valence-electron chi connectivity index (χ2n) is 5.59. The van der Waals surface area contributed by atoms with Crippen molar-refractivity contribution < 1.29 is 4.74 Å². The Labute approximate surface area is 112 Å². The van der Waals surface area contributed by atoms with Crippen LogP contribution in [-0.4, -0.2) is 51.3 Å². The largest absolute Gasteiger partial charge is 0.381 e. The van der Waals surface area contributed by atoms with E-state index in [4.69, 9.17) is 4.74 Å². The smallest absolute Gasteiger partial charge is 0.193 e. The summed E-state index contributed by atoms with van der Waals surface area (Å²) in [6.45, 7) is 8.35. The van der Waals surface area contributed by atoms with Crippen LogP contribution in [0.3, 0.4) is 0 Å². The van der Waals surface area contributed by atoms with E-state index in [9.17, 15) is 0 Å². The van der Waals surface area contributed by atoms with Crippen LogP contribution in [0, 0.1) is 11.8 Å². The number of hydrogen-bond donors (Lipinski definition) is 1. The van der Waals surface area contributed by atoms with Gasteiger partial charge in [-0.1, -0.05) is 13.8 Å². The second kappa shape index (κ2) is 8.35. The number of nitrogens with one attached hydrogen (secondary N) is 1. The number of nitrogens with zero attached hydrogens (tertiary/aromatic N) is 2. The molecule has 0 atom stereocenters. The average Bonchev–Trinajstić information content (AvgIpc) is 2.38. The Bertz CT molecular complexity index is 247. The van der Waals surface area contributed by atoms with Crippen molar-refractivity contribution >= 4 is 5.96 Å². The molecule has 1 saturated heterocycles. The normalized spacial score (nSPS) is 18.2. The minimum atomic E-state index is 0.644. The van der Waals surface area contributed by atoms with E-state index in [1.165, 1.54) is 19.3 Å². The van der Waals surface area contributed by atoms with Crippen molar-refractivity contribution in [3.8, 4) is 0 Å². The van der Waals surface area contributed by atoms with Gasteiger partial charge >= 0.3 is 0 Å². The second-order valence-corrected chi connectivity index (χ2v) is 5.59. The molecular weight excluding hydrogens is 226 g/mol. The highest BCUT2D eigenvalue weighted by atomic mass is 16.5. The van der Waals surface area contributed by atoms with E-state index < -0.39 is 0 Å². The molecule has 18 heavy (non-hydrogen) atoms. The van der Waals surface area contributed by atoms with Gasteiger partial charge in [-0.05, 0) is 31.1 Å². The van der Waals surface area contributed by atoms with Gasteiger partial charge in [-0.2, -0.15) is 0 Å². The number of aliphatic imine (C=N–C) groups is 1. The molecule has 0 aliphatic carbocycles. The van der Waals surface area contributed by atoms with Crippen molar-refractivity contribution in [2.75, 3.05) is 40.4 Å². The molecule has 4 nitrogen and oxygen atoms in total. The first-order valence-corrected chi connectivity index (χ1v) is 7.13. The van der Waals surface area contributed by atoms with Crippen molar-refractivity contribution in [2.24, 2.45) is 16.8 Å². The zero-order valence-corrected chi connectivity index (χ0v) is 12.4. The van der Waals surface area contributed by atoms with Gasteiger partial charge in [0.25, 0.3) is 0 Å². The Kier molecular flexibility index (Phi) is 7.09. The zero-order valence-electron chi connectivity index (χ0n) is 12.4. The Hall–Kier alpha value is -0.770. The molecule has 0 aromatic rings. The highest BCUT2D eigenvalue weighted by Gasteiger charge is 2.15. The van der Waals surface area contributed by atoms with Crippen molar-refractivity contribution in [3.63, 3.8) is 0 Å². The third-order valence-corrected chi connectivity index (χ3v) is 3.46. The van der Waals surface area contributed by atoms with Gasteiger partial charge in [0.05, 0.1) is 0 Å². The predicted octanol–water partition coefficient (Wildman–Crippen LogP) is 1.97. The maximum atomic E-state index is 5.39. The molecule has 0 bridgehead atoms. The number of guanidine groups is 1. The summed E-state index contributed by atoms with van der Waals surface area (Å²) in [6.07, 6.45) is 3.67. The molecule has 0 saturated carbocycles. The van der Waals surface area contributed by atoms with E-state index in [0.717, 1.165) is 38.2 Å². The van der Waals surface area contributed by atoms with Crippen LogP contribution < -0.4 is 5.32 Å². The fraction of sp³-hybridized carbons (Fsp3) is 0.929. The topological polar surface area (TPSA) is 36.9 Å². The minimum Gasteiger partial charge on any atom is -0.381 e. The Balaban J connectivity index is 2.26. The molecule has 1 heterocycles. The van der Waals surface area contributed by atoms with Crippen LogP contribution in [0.1, 0.15) is 33.1 Å². The summed E-state index contributed by atoms with van der Waals surface area (Å²) in [7, 11) is 3.97. The van der Waals surface area contributed by atoms with E-state index in [1.54, 1.807) is 0 Å². The summed E-state index contributed by atoms with van der Waals surface area (Å²) in [5.74, 6) is 2.48. The maximum absolute atomic E-state index is 5.39. The first kappa shape index (κ1) is 15.3. The van der Waals surface area contributed by atoms with E-state index in [0.29, 0.717) is 5.92 Å². The van der Waals surface area contributed by atoms with Gasteiger partial charge in [-0.3, -0.25) is 4.99 Å². The van der Waals surface area contributed by atoms with Crippen LogP contribution in [0.2, 0.25) is 0 Å². The van der Waals surface area contributed by atoms with Gasteiger partial charge in [0.15, 0.2) is 5.96 Å². The molecule has 1 aliphatic heterocycles. The Morgan fingerprint density at radius 3 is 2.61 bits per heavy atom. The van der Waals surface area contributed by atoms with E-state index in [1.807, 2.05) is 7.05 Å². The van der Waals surface area contributed by atoms with Gasteiger partial charge in [-0.15, -0.1) is 0 Å². The summed E-state index contributed by atoms with van der Waals surface area (Å²) >= 11 is 0. The molecule has 0 aromatic heterocycles. The van der Waals surface area contributed by atoms with Gasteiger partial charge in [0.1, 0.15) is 0 Å². The first-order valence-electron chi connectivity index (χ1n) is 7.13. The summed E-state index contributed by atoms with van der Waals surface area (Å²) in [4.78, 5) is 6.56. The van der Waals surface area contributed by atoms with Crippen molar-refractivity contribution in [1.29, 1.82) is 0 Å². The molecule has 0 unspecified atom stereocenters.